The number of hydrogen-bond acceptors (Lipinski definition) is 6. The largest absolute Gasteiger partial charge is 0.443 e. The number of aryl methyl sites for hydroxylation is 1. The summed E-state index contributed by atoms with van der Waals surface area (Å²) in [6, 6.07) is 5.70. The molecule has 8 heteroatoms. The summed E-state index contributed by atoms with van der Waals surface area (Å²) in [5.74, 6) is 0. The van der Waals surface area contributed by atoms with Crippen molar-refractivity contribution >= 4 is 23.9 Å². The van der Waals surface area contributed by atoms with Gasteiger partial charge in [-0.15, -0.1) is 0 Å². The first-order valence-corrected chi connectivity index (χ1v) is 7.51. The number of amides is 2. The molecule has 0 bridgehead atoms. The Morgan fingerprint density at radius 1 is 1.48 bits per heavy atom. The Labute approximate surface area is 135 Å². The van der Waals surface area contributed by atoms with Crippen molar-refractivity contribution in [2.45, 2.75) is 13.0 Å². The number of nitrogens with zero attached hydrogens (tertiary/aromatic N) is 2. The van der Waals surface area contributed by atoms with Crippen molar-refractivity contribution in [1.29, 1.82) is 0 Å². The number of hydrogen-bond donors (Lipinski definition) is 3. The maximum Gasteiger partial charge on any atom is 0.414 e. The van der Waals surface area contributed by atoms with Crippen LogP contribution in [0.5, 0.6) is 0 Å². The van der Waals surface area contributed by atoms with Gasteiger partial charge in [0.25, 0.3) is 0 Å². The standard InChI is InChI=1S/C15H23N5O3/c1-11-6-12(20-8-13(7-16)23-15(20)22)2-3-14(11)19(9-17)5-4-18-10-21/h2-3,6,10,13H,4-5,7-9,16-17H2,1H3,(H,18,21). The summed E-state index contributed by atoms with van der Waals surface area (Å²) in [6.45, 7) is 4.18. The molecule has 0 saturated carbocycles. The first kappa shape index (κ1) is 17.0. The van der Waals surface area contributed by atoms with Crippen LogP contribution in [0.15, 0.2) is 18.2 Å². The summed E-state index contributed by atoms with van der Waals surface area (Å²) in [5.41, 5.74) is 14.1. The molecule has 126 valence electrons. The topological polar surface area (TPSA) is 114 Å². The van der Waals surface area contributed by atoms with Crippen molar-refractivity contribution in [3.05, 3.63) is 23.8 Å². The minimum absolute atomic E-state index is 0.266. The van der Waals surface area contributed by atoms with Crippen LogP contribution in [0.2, 0.25) is 0 Å². The van der Waals surface area contributed by atoms with E-state index in [9.17, 15) is 9.59 Å². The first-order valence-electron chi connectivity index (χ1n) is 7.51. The molecule has 2 amide bonds. The van der Waals surface area contributed by atoms with Gasteiger partial charge >= 0.3 is 6.09 Å². The molecule has 1 aliphatic heterocycles. The van der Waals surface area contributed by atoms with E-state index in [0.717, 1.165) is 16.9 Å². The normalized spacial score (nSPS) is 17.1. The smallest absolute Gasteiger partial charge is 0.414 e. The highest BCUT2D eigenvalue weighted by Crippen LogP contribution is 2.28. The van der Waals surface area contributed by atoms with Gasteiger partial charge < -0.3 is 26.4 Å². The summed E-state index contributed by atoms with van der Waals surface area (Å²) in [6.07, 6.45) is 0.0215. The second-order valence-electron chi connectivity index (χ2n) is 5.34. The summed E-state index contributed by atoms with van der Waals surface area (Å²) in [7, 11) is 0. The van der Waals surface area contributed by atoms with E-state index in [4.69, 9.17) is 16.2 Å². The van der Waals surface area contributed by atoms with Gasteiger partial charge in [-0.25, -0.2) is 4.79 Å². The zero-order valence-corrected chi connectivity index (χ0v) is 13.2. The molecule has 2 rings (SSSR count). The van der Waals surface area contributed by atoms with E-state index in [1.54, 1.807) is 4.90 Å². The lowest BCUT2D eigenvalue weighted by atomic mass is 10.1. The third-order valence-corrected chi connectivity index (χ3v) is 3.80. The van der Waals surface area contributed by atoms with E-state index < -0.39 is 0 Å². The van der Waals surface area contributed by atoms with Crippen molar-refractivity contribution in [3.63, 3.8) is 0 Å². The Hall–Kier alpha value is -2.32. The SMILES string of the molecule is Cc1cc(N2CC(CN)OC2=O)ccc1N(CN)CCNC=O. The van der Waals surface area contributed by atoms with Crippen LogP contribution in [0.4, 0.5) is 16.2 Å². The van der Waals surface area contributed by atoms with Crippen molar-refractivity contribution in [2.24, 2.45) is 11.5 Å². The maximum absolute atomic E-state index is 11.9. The summed E-state index contributed by atoms with van der Waals surface area (Å²) < 4.78 is 5.17. The zero-order valence-electron chi connectivity index (χ0n) is 13.2. The quantitative estimate of drug-likeness (QED) is 0.345. The van der Waals surface area contributed by atoms with Crippen LogP contribution in [-0.4, -0.2) is 51.5 Å². The molecule has 1 heterocycles. The molecule has 1 aromatic carbocycles. The van der Waals surface area contributed by atoms with Crippen molar-refractivity contribution in [3.8, 4) is 0 Å². The van der Waals surface area contributed by atoms with Gasteiger partial charge in [-0.2, -0.15) is 0 Å². The summed E-state index contributed by atoms with van der Waals surface area (Å²) >= 11 is 0. The molecule has 1 aromatic rings. The fraction of sp³-hybridized carbons (Fsp3) is 0.467. The van der Waals surface area contributed by atoms with Crippen LogP contribution in [-0.2, 0) is 9.53 Å². The third-order valence-electron chi connectivity index (χ3n) is 3.80. The van der Waals surface area contributed by atoms with Gasteiger partial charge in [0.1, 0.15) is 6.10 Å². The molecular weight excluding hydrogens is 298 g/mol. The number of anilines is 2. The van der Waals surface area contributed by atoms with Crippen LogP contribution in [0.3, 0.4) is 0 Å². The van der Waals surface area contributed by atoms with Crippen molar-refractivity contribution in [2.75, 3.05) is 42.6 Å². The molecule has 0 aromatic heterocycles. The van der Waals surface area contributed by atoms with Gasteiger partial charge in [-0.05, 0) is 30.7 Å². The molecule has 0 aliphatic carbocycles. The molecule has 0 spiro atoms. The lowest BCUT2D eigenvalue weighted by Crippen LogP contribution is -2.36. The second kappa shape index (κ2) is 7.80. The highest BCUT2D eigenvalue weighted by Gasteiger charge is 2.31. The average Bonchev–Trinajstić information content (AvgIpc) is 2.93. The van der Waals surface area contributed by atoms with E-state index in [-0.39, 0.29) is 12.2 Å². The predicted octanol–water partition coefficient (Wildman–Crippen LogP) is -0.252. The first-order chi connectivity index (χ1) is 11.1. The molecule has 1 fully saturated rings. The Balaban J connectivity index is 2.13. The average molecular weight is 321 g/mol. The van der Waals surface area contributed by atoms with Crippen LogP contribution in [0.25, 0.3) is 0 Å². The van der Waals surface area contributed by atoms with E-state index in [1.807, 2.05) is 30.0 Å². The minimum atomic E-state index is -0.376. The van der Waals surface area contributed by atoms with Crippen LogP contribution < -0.4 is 26.6 Å². The van der Waals surface area contributed by atoms with E-state index >= 15 is 0 Å². The van der Waals surface area contributed by atoms with Gasteiger partial charge in [0.15, 0.2) is 0 Å². The number of nitrogens with one attached hydrogen (secondary N) is 1. The van der Waals surface area contributed by atoms with Crippen LogP contribution >= 0.6 is 0 Å². The Kier molecular flexibility index (Phi) is 5.78. The molecule has 8 nitrogen and oxygen atoms in total. The predicted molar refractivity (Wildman–Crippen MR) is 88.3 cm³/mol. The Bertz CT molecular complexity index is 566. The van der Waals surface area contributed by atoms with E-state index in [1.165, 1.54) is 0 Å². The number of benzene rings is 1. The Morgan fingerprint density at radius 2 is 2.26 bits per heavy atom. The lowest BCUT2D eigenvalue weighted by Gasteiger charge is -2.25. The third kappa shape index (κ3) is 3.91. The van der Waals surface area contributed by atoms with Crippen LogP contribution in [0.1, 0.15) is 5.56 Å². The van der Waals surface area contributed by atoms with Gasteiger partial charge in [0.2, 0.25) is 6.41 Å². The van der Waals surface area contributed by atoms with Gasteiger partial charge in [0.05, 0.1) is 13.2 Å². The molecule has 1 atom stereocenters. The van der Waals surface area contributed by atoms with Gasteiger partial charge in [0, 0.05) is 31.0 Å². The zero-order chi connectivity index (χ0) is 16.8. The highest BCUT2D eigenvalue weighted by molar-refractivity contribution is 5.90. The fourth-order valence-corrected chi connectivity index (χ4v) is 2.59. The number of nitrogens with two attached hydrogens (primary N) is 2. The monoisotopic (exact) mass is 321 g/mol. The maximum atomic E-state index is 11.9. The van der Waals surface area contributed by atoms with Crippen LogP contribution in [0, 0.1) is 6.92 Å². The number of carbonyl (C=O) groups is 2. The molecule has 5 N–H and O–H groups in total. The summed E-state index contributed by atoms with van der Waals surface area (Å²) in [5, 5.41) is 2.62. The van der Waals surface area contributed by atoms with Gasteiger partial charge in [-0.3, -0.25) is 9.69 Å². The van der Waals surface area contributed by atoms with Gasteiger partial charge in [-0.1, -0.05) is 0 Å². The Morgan fingerprint density at radius 3 is 2.83 bits per heavy atom. The van der Waals surface area contributed by atoms with E-state index in [2.05, 4.69) is 5.32 Å². The minimum Gasteiger partial charge on any atom is -0.443 e. The molecule has 23 heavy (non-hydrogen) atoms. The van der Waals surface area contributed by atoms with Crippen molar-refractivity contribution in [1.82, 2.24) is 5.32 Å². The molecular formula is C15H23N5O3. The number of carbonyl (C=O) groups excluding carboxylic acids is 2. The second-order valence-corrected chi connectivity index (χ2v) is 5.34. The van der Waals surface area contributed by atoms with Crippen molar-refractivity contribution < 1.29 is 14.3 Å². The molecule has 1 aliphatic rings. The molecule has 0 radical (unpaired) electrons. The number of cyclic esters (lactones) is 1. The summed E-state index contributed by atoms with van der Waals surface area (Å²) in [4.78, 5) is 25.8. The highest BCUT2D eigenvalue weighted by atomic mass is 16.6. The molecule has 1 unspecified atom stereocenters. The lowest BCUT2D eigenvalue weighted by molar-refractivity contribution is -0.109. The van der Waals surface area contributed by atoms with E-state index in [0.29, 0.717) is 39.3 Å². The molecule has 1 saturated heterocycles. The fourth-order valence-electron chi connectivity index (χ4n) is 2.59. The number of ether oxygens (including phenoxy) is 1. The number of rotatable bonds is 8.